The number of aromatic nitrogens is 1. The maximum atomic E-state index is 7.18. The summed E-state index contributed by atoms with van der Waals surface area (Å²) in [5, 5.41) is 7.08. The van der Waals surface area contributed by atoms with Crippen LogP contribution in [0.4, 0.5) is 0 Å². The van der Waals surface area contributed by atoms with E-state index in [-0.39, 0.29) is 23.5 Å². The van der Waals surface area contributed by atoms with Crippen molar-refractivity contribution < 1.29 is 9.47 Å². The first kappa shape index (κ1) is 32.7. The zero-order chi connectivity index (χ0) is 35.7. The Labute approximate surface area is 313 Å². The van der Waals surface area contributed by atoms with E-state index in [0.29, 0.717) is 6.04 Å². The Kier molecular flexibility index (Phi) is 7.94. The lowest BCUT2D eigenvalue weighted by molar-refractivity contribution is 0.0171. The molecule has 1 aromatic heterocycles. The van der Waals surface area contributed by atoms with Crippen LogP contribution in [-0.2, 0) is 18.4 Å². The number of nitrogens with two attached hydrogens (primary N) is 1. The van der Waals surface area contributed by atoms with E-state index >= 15 is 0 Å². The van der Waals surface area contributed by atoms with Gasteiger partial charge in [0.1, 0.15) is 23.4 Å². The van der Waals surface area contributed by atoms with Gasteiger partial charge in [0.2, 0.25) is 0 Å². The van der Waals surface area contributed by atoms with Gasteiger partial charge in [0.25, 0.3) is 0 Å². The van der Waals surface area contributed by atoms with Gasteiger partial charge in [0, 0.05) is 58.2 Å². The van der Waals surface area contributed by atoms with E-state index in [1.165, 1.54) is 44.8 Å². The van der Waals surface area contributed by atoms with E-state index in [9.17, 15) is 0 Å². The van der Waals surface area contributed by atoms with Crippen LogP contribution in [-0.4, -0.2) is 23.3 Å². The fraction of sp³-hybridized carbons (Fsp3) is 0.362. The van der Waals surface area contributed by atoms with Crippen LogP contribution < -0.4 is 25.8 Å². The van der Waals surface area contributed by atoms with Crippen LogP contribution in [0, 0.1) is 5.92 Å². The van der Waals surface area contributed by atoms with Gasteiger partial charge in [-0.05, 0) is 136 Å². The van der Waals surface area contributed by atoms with Crippen molar-refractivity contribution in [2.45, 2.75) is 95.4 Å². The Morgan fingerprint density at radius 3 is 2.75 bits per heavy atom. The maximum Gasteiger partial charge on any atom is 0.132 e. The number of rotatable bonds is 4. The topological polar surface area (TPSA) is 73.5 Å². The predicted octanol–water partition coefficient (Wildman–Crippen LogP) is 9.16. The highest BCUT2D eigenvalue weighted by molar-refractivity contribution is 5.78. The van der Waals surface area contributed by atoms with Gasteiger partial charge < -0.3 is 30.4 Å². The summed E-state index contributed by atoms with van der Waals surface area (Å²) < 4.78 is 16.8. The molecule has 6 nitrogen and oxygen atoms in total. The quantitative estimate of drug-likeness (QED) is 0.237. The zero-order valence-electron chi connectivity index (χ0n) is 31.0. The standard InChI is InChI=1S/C47H50N4O2/c1-3-30(25-40(48)33-12-10-23-50-29(33)2)31-18-20-38-45(26-31)52-43-16-8-5-13-36(43)47(38)37-14-6-9-17-44(37)53-46-27-32(19-21-39(46)47)51-41-15-7-4-11-34(41)35-22-24-49-28-42(35)51/h3,6-9,12,14-18,20,22,24-26,29,32,39,46,49-50H,4-5,10-11,13,19,21,23,27-28,48H2,1-2H3/b30-3+,40-25-. The van der Waals surface area contributed by atoms with Crippen LogP contribution in [0.3, 0.4) is 0 Å². The molecule has 5 atom stereocenters. The third-order valence-corrected chi connectivity index (χ3v) is 13.2. The van der Waals surface area contributed by atoms with Crippen molar-refractivity contribution in [3.05, 3.63) is 147 Å². The molecule has 1 spiro atoms. The molecule has 0 radical (unpaired) electrons. The minimum absolute atomic E-state index is 0.0653. The third-order valence-electron chi connectivity index (χ3n) is 13.2. The number of hydrogen-bond acceptors (Lipinski definition) is 5. The average Bonchev–Trinajstić information content (AvgIpc) is 3.54. The van der Waals surface area contributed by atoms with Gasteiger partial charge >= 0.3 is 0 Å². The molecule has 1 saturated carbocycles. The number of nitrogens with one attached hydrogen (secondary N) is 2. The van der Waals surface area contributed by atoms with Crippen molar-refractivity contribution in [2.75, 3.05) is 6.54 Å². The largest absolute Gasteiger partial charge is 0.490 e. The average molecular weight is 703 g/mol. The van der Waals surface area contributed by atoms with Crippen LogP contribution in [0.5, 0.6) is 11.5 Å². The molecule has 1 fully saturated rings. The van der Waals surface area contributed by atoms with E-state index < -0.39 is 0 Å². The SMILES string of the molecule is C/C=C(\C=C(/N)C1=CCCNC1C)c1ccc2c(c1)OC1=C(CCC=C1)C21c2ccccc2OC2CC(n3c4c(c5c3CNC=C5)CCC=C4)CCC21. The fourth-order valence-corrected chi connectivity index (χ4v) is 10.9. The van der Waals surface area contributed by atoms with Gasteiger partial charge in [-0.3, -0.25) is 0 Å². The van der Waals surface area contributed by atoms with Crippen molar-refractivity contribution >= 4 is 17.7 Å². The molecule has 0 amide bonds. The summed E-state index contributed by atoms with van der Waals surface area (Å²) in [4.78, 5) is 0. The Balaban J connectivity index is 1.09. The molecular weight excluding hydrogens is 653 g/mol. The van der Waals surface area contributed by atoms with Gasteiger partial charge in [-0.15, -0.1) is 0 Å². The lowest BCUT2D eigenvalue weighted by atomic mass is 9.53. The first-order valence-corrected chi connectivity index (χ1v) is 19.9. The summed E-state index contributed by atoms with van der Waals surface area (Å²) in [5.41, 5.74) is 20.4. The van der Waals surface area contributed by atoms with Crippen molar-refractivity contribution in [1.29, 1.82) is 0 Å². The Morgan fingerprint density at radius 1 is 0.981 bits per heavy atom. The summed E-state index contributed by atoms with van der Waals surface area (Å²) in [6, 6.07) is 16.4. The minimum atomic E-state index is -0.338. The number of ether oxygens (including phenoxy) is 2. The second-order valence-electron chi connectivity index (χ2n) is 15.8. The number of nitrogens with zero attached hydrogens (tertiary/aromatic N) is 1. The van der Waals surface area contributed by atoms with E-state index in [0.717, 1.165) is 98.5 Å². The molecule has 0 bridgehead atoms. The molecule has 4 aliphatic heterocycles. The monoisotopic (exact) mass is 702 g/mol. The lowest BCUT2D eigenvalue weighted by Crippen LogP contribution is -2.54. The molecule has 4 N–H and O–H groups in total. The van der Waals surface area contributed by atoms with E-state index in [4.69, 9.17) is 15.2 Å². The summed E-state index contributed by atoms with van der Waals surface area (Å²) in [6.45, 7) is 6.16. The highest BCUT2D eigenvalue weighted by Gasteiger charge is 2.58. The van der Waals surface area contributed by atoms with Crippen LogP contribution in [0.2, 0.25) is 0 Å². The summed E-state index contributed by atoms with van der Waals surface area (Å²) in [6.07, 6.45) is 28.7. The normalized spacial score (nSPS) is 28.4. The van der Waals surface area contributed by atoms with Gasteiger partial charge in [-0.2, -0.15) is 0 Å². The number of allylic oxidation sites excluding steroid dienone is 7. The molecule has 2 aromatic carbocycles. The summed E-state index contributed by atoms with van der Waals surface area (Å²) in [7, 11) is 0. The number of para-hydroxylation sites is 1. The Hall–Kier alpha value is -4.94. The molecule has 270 valence electrons. The number of fused-ring (bicyclic) bond motifs is 10. The maximum absolute atomic E-state index is 7.18. The molecule has 5 unspecified atom stereocenters. The second-order valence-corrected chi connectivity index (χ2v) is 15.8. The predicted molar refractivity (Wildman–Crippen MR) is 214 cm³/mol. The molecule has 10 rings (SSSR count). The van der Waals surface area contributed by atoms with Gasteiger partial charge in [0.15, 0.2) is 0 Å². The van der Waals surface area contributed by atoms with Gasteiger partial charge in [-0.1, -0.05) is 54.6 Å². The summed E-state index contributed by atoms with van der Waals surface area (Å²) in [5.74, 6) is 3.25. The minimum Gasteiger partial charge on any atom is -0.490 e. The van der Waals surface area contributed by atoms with Crippen molar-refractivity contribution in [2.24, 2.45) is 11.7 Å². The van der Waals surface area contributed by atoms with Crippen molar-refractivity contribution in [3.63, 3.8) is 0 Å². The van der Waals surface area contributed by atoms with Crippen LogP contribution in [0.1, 0.15) is 104 Å². The van der Waals surface area contributed by atoms with Crippen LogP contribution in [0.15, 0.2) is 108 Å². The molecule has 53 heavy (non-hydrogen) atoms. The lowest BCUT2D eigenvalue weighted by Gasteiger charge is -2.55. The molecule has 0 saturated heterocycles. The number of hydrogen-bond donors (Lipinski definition) is 3. The van der Waals surface area contributed by atoms with Crippen LogP contribution >= 0.6 is 0 Å². The molecular formula is C47H50N4O2. The Morgan fingerprint density at radius 2 is 1.85 bits per heavy atom. The first-order chi connectivity index (χ1) is 26.1. The first-order valence-electron chi connectivity index (χ1n) is 19.9. The highest BCUT2D eigenvalue weighted by atomic mass is 16.5. The van der Waals surface area contributed by atoms with Gasteiger partial charge in [-0.25, -0.2) is 0 Å². The molecule has 3 aliphatic carbocycles. The van der Waals surface area contributed by atoms with E-state index in [1.54, 1.807) is 0 Å². The second kappa shape index (κ2) is 12.9. The number of benzene rings is 2. The van der Waals surface area contributed by atoms with Crippen molar-refractivity contribution in [3.8, 4) is 11.5 Å². The summed E-state index contributed by atoms with van der Waals surface area (Å²) >= 11 is 0. The van der Waals surface area contributed by atoms with Crippen molar-refractivity contribution in [1.82, 2.24) is 15.2 Å². The molecule has 5 heterocycles. The molecule has 3 aromatic rings. The third kappa shape index (κ3) is 5.01. The van der Waals surface area contributed by atoms with E-state index in [1.807, 2.05) is 0 Å². The highest BCUT2D eigenvalue weighted by Crippen LogP contribution is 2.63. The fourth-order valence-electron chi connectivity index (χ4n) is 10.9. The zero-order valence-corrected chi connectivity index (χ0v) is 31.0. The molecule has 7 aliphatic rings. The van der Waals surface area contributed by atoms with E-state index in [2.05, 4.69) is 126 Å². The van der Waals surface area contributed by atoms with Crippen LogP contribution in [0.25, 0.3) is 17.7 Å². The van der Waals surface area contributed by atoms with Gasteiger partial charge in [0.05, 0.1) is 12.0 Å². The molecule has 6 heteroatoms. The Bertz CT molecular complexity index is 2230. The smallest absolute Gasteiger partial charge is 0.132 e.